The molecule has 2 aromatic rings. The first-order valence-corrected chi connectivity index (χ1v) is 5.19. The summed E-state index contributed by atoms with van der Waals surface area (Å²) in [5.41, 5.74) is 0.497. The van der Waals surface area contributed by atoms with Crippen molar-refractivity contribution in [3.8, 4) is 5.82 Å². The van der Waals surface area contributed by atoms with Gasteiger partial charge >= 0.3 is 0 Å². The fraction of sp³-hybridized carbons (Fsp3) is 0.100. The van der Waals surface area contributed by atoms with Crippen LogP contribution < -0.4 is 10.6 Å². The van der Waals surface area contributed by atoms with E-state index in [2.05, 4.69) is 37.5 Å². The predicted molar refractivity (Wildman–Crippen MR) is 60.1 cm³/mol. The van der Waals surface area contributed by atoms with Gasteiger partial charge in [-0.15, -0.1) is 5.10 Å². The Bertz CT molecular complexity index is 606. The van der Waals surface area contributed by atoms with Gasteiger partial charge in [0, 0.05) is 12.4 Å². The summed E-state index contributed by atoms with van der Waals surface area (Å²) in [6.45, 7) is 3.62. The minimum atomic E-state index is -0.567. The highest BCUT2D eigenvalue weighted by molar-refractivity contribution is 5.86. The third-order valence-electron chi connectivity index (χ3n) is 2.45. The molecule has 1 atom stereocenters. The largest absolute Gasteiger partial charge is 0.355 e. The number of hydrogen-bond acceptors (Lipinski definition) is 6. The molecule has 90 valence electrons. The highest BCUT2D eigenvalue weighted by Crippen LogP contribution is 2.16. The maximum absolute atomic E-state index is 11.6. The minimum absolute atomic E-state index is 0.203. The third-order valence-corrected chi connectivity index (χ3v) is 2.45. The number of rotatable bonds is 2. The molecule has 1 unspecified atom stereocenters. The van der Waals surface area contributed by atoms with Crippen LogP contribution in [0.5, 0.6) is 0 Å². The number of carbonyl (C=O) groups excluding carboxylic acids is 1. The maximum Gasteiger partial charge on any atom is 0.254 e. The zero-order valence-corrected chi connectivity index (χ0v) is 9.24. The SMILES string of the molecule is C=C1NC(=O)C(c2cn(-c3cnccn3)nn2)N1. The van der Waals surface area contributed by atoms with Crippen molar-refractivity contribution in [1.29, 1.82) is 0 Å². The van der Waals surface area contributed by atoms with E-state index in [1.807, 2.05) is 0 Å². The second-order valence-corrected chi connectivity index (χ2v) is 3.70. The Morgan fingerprint density at radius 3 is 2.94 bits per heavy atom. The first kappa shape index (κ1) is 10.4. The lowest BCUT2D eigenvalue weighted by molar-refractivity contribution is -0.120. The Morgan fingerprint density at radius 2 is 2.28 bits per heavy atom. The van der Waals surface area contributed by atoms with Crippen LogP contribution in [0.3, 0.4) is 0 Å². The van der Waals surface area contributed by atoms with Crippen LogP contribution in [0.15, 0.2) is 37.2 Å². The second kappa shape index (κ2) is 3.91. The van der Waals surface area contributed by atoms with Crippen molar-refractivity contribution < 1.29 is 4.79 Å². The van der Waals surface area contributed by atoms with Crippen molar-refractivity contribution in [2.45, 2.75) is 6.04 Å². The van der Waals surface area contributed by atoms with E-state index < -0.39 is 6.04 Å². The molecule has 3 rings (SSSR count). The molecule has 0 bridgehead atoms. The summed E-state index contributed by atoms with van der Waals surface area (Å²) in [6.07, 6.45) is 6.30. The summed E-state index contributed by atoms with van der Waals surface area (Å²) in [7, 11) is 0. The van der Waals surface area contributed by atoms with Gasteiger partial charge in [0.15, 0.2) is 11.9 Å². The number of hydrogen-bond donors (Lipinski definition) is 2. The van der Waals surface area contributed by atoms with Crippen molar-refractivity contribution in [2.75, 3.05) is 0 Å². The van der Waals surface area contributed by atoms with Crippen molar-refractivity contribution in [1.82, 2.24) is 35.6 Å². The molecular weight excluding hydrogens is 234 g/mol. The second-order valence-electron chi connectivity index (χ2n) is 3.70. The molecule has 2 N–H and O–H groups in total. The number of nitrogens with zero attached hydrogens (tertiary/aromatic N) is 5. The third kappa shape index (κ3) is 1.69. The van der Waals surface area contributed by atoms with Crippen LogP contribution in [0, 0.1) is 0 Å². The Kier molecular flexibility index (Phi) is 2.26. The molecule has 1 saturated heterocycles. The monoisotopic (exact) mass is 243 g/mol. The molecule has 1 aliphatic rings. The molecule has 2 aromatic heterocycles. The lowest BCUT2D eigenvalue weighted by Gasteiger charge is -2.01. The topological polar surface area (TPSA) is 97.6 Å². The van der Waals surface area contributed by atoms with Crippen LogP contribution in [0.1, 0.15) is 11.7 Å². The molecule has 0 radical (unpaired) electrons. The Balaban J connectivity index is 1.91. The summed E-state index contributed by atoms with van der Waals surface area (Å²) in [5, 5.41) is 13.3. The van der Waals surface area contributed by atoms with Gasteiger partial charge in [-0.25, -0.2) is 9.67 Å². The number of amides is 1. The summed E-state index contributed by atoms with van der Waals surface area (Å²) < 4.78 is 1.46. The van der Waals surface area contributed by atoms with Crippen molar-refractivity contribution in [3.05, 3.63) is 42.9 Å². The summed E-state index contributed by atoms with van der Waals surface area (Å²) in [4.78, 5) is 19.6. The Labute approximate surface area is 102 Å². The minimum Gasteiger partial charge on any atom is -0.355 e. The Morgan fingerprint density at radius 1 is 1.39 bits per heavy atom. The number of nitrogens with one attached hydrogen (secondary N) is 2. The zero-order valence-electron chi connectivity index (χ0n) is 9.24. The van der Waals surface area contributed by atoms with E-state index in [1.165, 1.54) is 4.68 Å². The smallest absolute Gasteiger partial charge is 0.254 e. The van der Waals surface area contributed by atoms with Crippen molar-refractivity contribution in [3.63, 3.8) is 0 Å². The summed E-state index contributed by atoms with van der Waals surface area (Å²) in [5.74, 6) is 0.790. The fourth-order valence-corrected chi connectivity index (χ4v) is 1.64. The van der Waals surface area contributed by atoms with Crippen LogP contribution in [0.4, 0.5) is 0 Å². The van der Waals surface area contributed by atoms with Gasteiger partial charge in [0.05, 0.1) is 18.2 Å². The molecule has 1 fully saturated rings. The molecule has 0 aliphatic carbocycles. The molecule has 0 saturated carbocycles. The van der Waals surface area contributed by atoms with Gasteiger partial charge in [-0.1, -0.05) is 11.8 Å². The molecule has 1 amide bonds. The summed E-state index contributed by atoms with van der Waals surface area (Å²) >= 11 is 0. The van der Waals surface area contributed by atoms with E-state index in [0.717, 1.165) is 0 Å². The standard InChI is InChI=1S/C10H9N7O/c1-6-13-9(10(18)14-6)7-5-17(16-15-7)8-4-11-2-3-12-8/h2-5,9,13H,1H2,(H,14,18). The highest BCUT2D eigenvalue weighted by Gasteiger charge is 2.30. The molecule has 0 aromatic carbocycles. The van der Waals surface area contributed by atoms with Crippen molar-refractivity contribution >= 4 is 5.91 Å². The summed E-state index contributed by atoms with van der Waals surface area (Å²) in [6, 6.07) is -0.567. The lowest BCUT2D eigenvalue weighted by Crippen LogP contribution is -2.19. The predicted octanol–water partition coefficient (Wildman–Crippen LogP) is -0.711. The van der Waals surface area contributed by atoms with Crippen LogP contribution >= 0.6 is 0 Å². The molecule has 8 heteroatoms. The van der Waals surface area contributed by atoms with Crippen LogP contribution in [0.25, 0.3) is 5.82 Å². The van der Waals surface area contributed by atoms with Crippen LogP contribution in [0.2, 0.25) is 0 Å². The highest BCUT2D eigenvalue weighted by atomic mass is 16.2. The van der Waals surface area contributed by atoms with Gasteiger partial charge < -0.3 is 10.6 Å². The van der Waals surface area contributed by atoms with Crippen LogP contribution in [-0.2, 0) is 4.79 Å². The van der Waals surface area contributed by atoms with E-state index >= 15 is 0 Å². The van der Waals surface area contributed by atoms with Crippen molar-refractivity contribution in [2.24, 2.45) is 0 Å². The average Bonchev–Trinajstić information content (AvgIpc) is 2.97. The van der Waals surface area contributed by atoms with Gasteiger partial charge in [0.2, 0.25) is 0 Å². The van der Waals surface area contributed by atoms with E-state index in [-0.39, 0.29) is 5.91 Å². The maximum atomic E-state index is 11.6. The first-order valence-electron chi connectivity index (χ1n) is 5.19. The molecule has 8 nitrogen and oxygen atoms in total. The quantitative estimate of drug-likeness (QED) is 0.723. The van der Waals surface area contributed by atoms with E-state index in [4.69, 9.17) is 0 Å². The first-order chi connectivity index (χ1) is 8.74. The molecular formula is C10H9N7O. The number of aromatic nitrogens is 5. The van der Waals surface area contributed by atoms with Gasteiger partial charge in [-0.2, -0.15) is 0 Å². The van der Waals surface area contributed by atoms with Gasteiger partial charge in [0.1, 0.15) is 5.69 Å². The zero-order chi connectivity index (χ0) is 12.5. The normalized spacial score (nSPS) is 18.6. The van der Waals surface area contributed by atoms with Gasteiger partial charge in [0.25, 0.3) is 5.91 Å². The van der Waals surface area contributed by atoms with E-state index in [0.29, 0.717) is 17.3 Å². The van der Waals surface area contributed by atoms with Gasteiger partial charge in [-0.05, 0) is 0 Å². The molecule has 18 heavy (non-hydrogen) atoms. The van der Waals surface area contributed by atoms with Crippen LogP contribution in [-0.4, -0.2) is 30.9 Å². The lowest BCUT2D eigenvalue weighted by atomic mass is 10.2. The average molecular weight is 243 g/mol. The molecule has 1 aliphatic heterocycles. The van der Waals surface area contributed by atoms with E-state index in [9.17, 15) is 4.79 Å². The molecule has 3 heterocycles. The van der Waals surface area contributed by atoms with Gasteiger partial charge in [-0.3, -0.25) is 9.78 Å². The fourth-order valence-electron chi connectivity index (χ4n) is 1.64. The molecule has 0 spiro atoms. The van der Waals surface area contributed by atoms with E-state index in [1.54, 1.807) is 24.8 Å². The Hall–Kier alpha value is -2.77. The number of carbonyl (C=O) groups is 1.